The molecule has 4 aliphatic heterocycles. The molecule has 10 heteroatoms. The molecule has 7 rings (SSSR count). The minimum atomic E-state index is -1.18. The molecule has 10 atom stereocenters. The molecule has 2 aliphatic carbocycles. The van der Waals surface area contributed by atoms with E-state index in [9.17, 15) is 19.2 Å². The van der Waals surface area contributed by atoms with Gasteiger partial charge in [0.2, 0.25) is 0 Å². The summed E-state index contributed by atoms with van der Waals surface area (Å²) in [6, 6.07) is 1.77. The topological polar surface area (TPSA) is 131 Å². The Hall–Kier alpha value is -2.72. The second-order valence-corrected chi connectivity index (χ2v) is 12.9. The van der Waals surface area contributed by atoms with Crippen LogP contribution in [0.25, 0.3) is 0 Å². The van der Waals surface area contributed by atoms with Crippen molar-refractivity contribution in [3.63, 3.8) is 0 Å². The minimum Gasteiger partial charge on any atom is -0.472 e. The largest absolute Gasteiger partial charge is 0.472 e. The second kappa shape index (κ2) is 7.07. The quantitative estimate of drug-likeness (QED) is 0.321. The van der Waals surface area contributed by atoms with Gasteiger partial charge >= 0.3 is 17.9 Å². The number of carbonyl (C=O) groups excluding carboxylic acids is 4. The highest BCUT2D eigenvalue weighted by atomic mass is 16.7. The summed E-state index contributed by atoms with van der Waals surface area (Å²) in [7, 11) is 0. The lowest BCUT2D eigenvalue weighted by Crippen LogP contribution is -2.76. The first-order valence-corrected chi connectivity index (χ1v) is 13.3. The Balaban J connectivity index is 1.46. The molecule has 10 nitrogen and oxygen atoms in total. The fourth-order valence-corrected chi connectivity index (χ4v) is 9.84. The third kappa shape index (κ3) is 2.48. The molecule has 6 fully saturated rings. The molecular weight excluding hydrogens is 496 g/mol. The number of cyclic esters (lactones) is 2. The maximum Gasteiger partial charge on any atom is 0.339 e. The number of furan rings is 1. The maximum absolute atomic E-state index is 14.6. The Bertz CT molecular complexity index is 1270. The van der Waals surface area contributed by atoms with Gasteiger partial charge in [-0.2, -0.15) is 0 Å². The zero-order valence-corrected chi connectivity index (χ0v) is 22.1. The van der Waals surface area contributed by atoms with Crippen LogP contribution in [0.1, 0.15) is 65.5 Å². The van der Waals surface area contributed by atoms with E-state index in [1.807, 2.05) is 27.7 Å². The van der Waals surface area contributed by atoms with E-state index in [1.54, 1.807) is 12.3 Å². The number of ether oxygens (including phenoxy) is 5. The van der Waals surface area contributed by atoms with Crippen molar-refractivity contribution in [3.05, 3.63) is 24.2 Å². The summed E-state index contributed by atoms with van der Waals surface area (Å²) in [4.78, 5) is 52.9. The normalized spacial score (nSPS) is 49.9. The van der Waals surface area contributed by atoms with Crippen molar-refractivity contribution >= 4 is 23.7 Å². The molecule has 0 bridgehead atoms. The number of hydrogen-bond donors (Lipinski definition) is 0. The van der Waals surface area contributed by atoms with Crippen molar-refractivity contribution < 1.29 is 47.3 Å². The van der Waals surface area contributed by atoms with Crippen molar-refractivity contribution in [1.29, 1.82) is 0 Å². The summed E-state index contributed by atoms with van der Waals surface area (Å²) in [6.07, 6.45) is 1.01. The van der Waals surface area contributed by atoms with Gasteiger partial charge in [-0.05, 0) is 38.7 Å². The van der Waals surface area contributed by atoms with Crippen LogP contribution in [-0.2, 0) is 42.9 Å². The number of rotatable bonds is 2. The number of hydrogen-bond acceptors (Lipinski definition) is 10. The average molecular weight is 529 g/mol. The first-order valence-electron chi connectivity index (χ1n) is 13.3. The Labute approximate surface area is 219 Å². The third-order valence-corrected chi connectivity index (χ3v) is 10.9. The van der Waals surface area contributed by atoms with Gasteiger partial charge in [0.25, 0.3) is 0 Å². The molecule has 6 aliphatic rings. The lowest BCUT2D eigenvalue weighted by atomic mass is 9.36. The van der Waals surface area contributed by atoms with Gasteiger partial charge in [0.05, 0.1) is 36.6 Å². The van der Waals surface area contributed by atoms with E-state index in [0.717, 1.165) is 0 Å². The van der Waals surface area contributed by atoms with Gasteiger partial charge in [0.1, 0.15) is 18.3 Å². The highest BCUT2D eigenvalue weighted by Crippen LogP contribution is 2.80. The number of ketones is 1. The van der Waals surface area contributed by atoms with Crippen LogP contribution in [0, 0.1) is 28.1 Å². The highest BCUT2D eigenvalue weighted by Gasteiger charge is 2.91. The number of esters is 3. The number of fused-ring (bicyclic) bond motifs is 1. The van der Waals surface area contributed by atoms with E-state index in [2.05, 4.69) is 0 Å². The Kier molecular flexibility index (Phi) is 4.53. The molecular formula is C28H32O10. The van der Waals surface area contributed by atoms with Crippen LogP contribution in [0.3, 0.4) is 0 Å². The summed E-state index contributed by atoms with van der Waals surface area (Å²) >= 11 is 0. The predicted molar refractivity (Wildman–Crippen MR) is 125 cm³/mol. The average Bonchev–Trinajstić information content (AvgIpc) is 3.30. The standard InChI is InChI=1S/C28H32O10/c1-13(29)35-21-18(31)19-24(2,3)37-16-10-17(30)34-12-27(16,19)15-6-8-25(4)20(14-7-9-33-11-14)36-23(32)22-28(25,38-22)26(15,21)5/h7,9,11,15-16,19-22H,6,8,10,12H2,1-5H3/t15-,16-,19-,20-,21-,22+,25-,26-,27-,28+/m0/s1. The van der Waals surface area contributed by atoms with Crippen molar-refractivity contribution in [2.45, 2.75) is 89.5 Å². The molecule has 0 N–H and O–H groups in total. The van der Waals surface area contributed by atoms with Crippen LogP contribution in [-0.4, -0.2) is 59.8 Å². The number of epoxide rings is 1. The molecule has 5 heterocycles. The minimum absolute atomic E-state index is 0.0243. The fourth-order valence-electron chi connectivity index (χ4n) is 9.84. The van der Waals surface area contributed by atoms with Crippen molar-refractivity contribution in [1.82, 2.24) is 0 Å². The van der Waals surface area contributed by atoms with Crippen LogP contribution in [0.15, 0.2) is 23.0 Å². The van der Waals surface area contributed by atoms with Crippen LogP contribution >= 0.6 is 0 Å². The van der Waals surface area contributed by atoms with Crippen molar-refractivity contribution in [2.24, 2.45) is 28.1 Å². The summed E-state index contributed by atoms with van der Waals surface area (Å²) in [6.45, 7) is 8.94. The van der Waals surface area contributed by atoms with Crippen molar-refractivity contribution in [3.8, 4) is 0 Å². The fraction of sp³-hybridized carbons (Fsp3) is 0.714. The smallest absolute Gasteiger partial charge is 0.339 e. The summed E-state index contributed by atoms with van der Waals surface area (Å²) in [5, 5.41) is 0. The van der Waals surface area contributed by atoms with E-state index < -0.39 is 69.7 Å². The molecule has 2 spiro atoms. The van der Waals surface area contributed by atoms with Crippen LogP contribution in [0.5, 0.6) is 0 Å². The molecule has 0 radical (unpaired) electrons. The zero-order valence-electron chi connectivity index (χ0n) is 22.1. The summed E-state index contributed by atoms with van der Waals surface area (Å²) in [5.74, 6) is -2.73. The molecule has 0 amide bonds. The third-order valence-electron chi connectivity index (χ3n) is 10.9. The summed E-state index contributed by atoms with van der Waals surface area (Å²) in [5.41, 5.74) is -4.10. The van der Waals surface area contributed by atoms with Gasteiger partial charge < -0.3 is 28.1 Å². The van der Waals surface area contributed by atoms with Gasteiger partial charge in [0, 0.05) is 28.7 Å². The van der Waals surface area contributed by atoms with E-state index >= 15 is 0 Å². The van der Waals surface area contributed by atoms with Crippen LogP contribution < -0.4 is 0 Å². The molecule has 4 saturated heterocycles. The van der Waals surface area contributed by atoms with E-state index in [-0.39, 0.29) is 30.7 Å². The van der Waals surface area contributed by atoms with E-state index in [0.29, 0.717) is 18.4 Å². The first-order chi connectivity index (χ1) is 17.8. The van der Waals surface area contributed by atoms with E-state index in [4.69, 9.17) is 28.1 Å². The number of Topliss-reactive ketones (excluding diaryl/α,β-unsaturated/α-hetero) is 1. The highest BCUT2D eigenvalue weighted by molar-refractivity contribution is 5.93. The molecule has 0 unspecified atom stereocenters. The van der Waals surface area contributed by atoms with E-state index in [1.165, 1.54) is 13.2 Å². The summed E-state index contributed by atoms with van der Waals surface area (Å²) < 4.78 is 35.8. The zero-order chi connectivity index (χ0) is 27.0. The SMILES string of the molecule is CC(=O)O[C@H]1C(=O)[C@H]2C(C)(C)O[C@H]3CC(=O)OC[C@]32[C@H]2CC[C@@]3(C)[C@H](c4ccoc4)OC(=O)[C@H]4O[C@]43[C@@]21C. The molecule has 1 aromatic rings. The monoisotopic (exact) mass is 528 g/mol. The van der Waals surface area contributed by atoms with Gasteiger partial charge in [0.15, 0.2) is 18.0 Å². The van der Waals surface area contributed by atoms with Gasteiger partial charge in [-0.3, -0.25) is 14.4 Å². The van der Waals surface area contributed by atoms with Crippen molar-refractivity contribution in [2.75, 3.05) is 6.61 Å². The molecule has 38 heavy (non-hydrogen) atoms. The molecule has 0 aromatic carbocycles. The van der Waals surface area contributed by atoms with Gasteiger partial charge in [-0.15, -0.1) is 0 Å². The maximum atomic E-state index is 14.6. The molecule has 1 aromatic heterocycles. The number of carbonyl (C=O) groups is 4. The van der Waals surface area contributed by atoms with Gasteiger partial charge in [-0.25, -0.2) is 4.79 Å². The Morgan fingerprint density at radius 3 is 2.53 bits per heavy atom. The Morgan fingerprint density at radius 2 is 1.84 bits per heavy atom. The second-order valence-electron chi connectivity index (χ2n) is 12.9. The Morgan fingerprint density at radius 1 is 1.08 bits per heavy atom. The van der Waals surface area contributed by atoms with Gasteiger partial charge in [-0.1, -0.05) is 13.8 Å². The van der Waals surface area contributed by atoms with Crippen LogP contribution in [0.2, 0.25) is 0 Å². The molecule has 2 saturated carbocycles. The van der Waals surface area contributed by atoms with Crippen LogP contribution in [0.4, 0.5) is 0 Å². The lowest BCUT2D eigenvalue weighted by Gasteiger charge is -2.66. The molecule has 204 valence electrons. The lowest BCUT2D eigenvalue weighted by molar-refractivity contribution is -0.255. The predicted octanol–water partition coefficient (Wildman–Crippen LogP) is 2.68. The first kappa shape index (κ1) is 24.3.